The maximum atomic E-state index is 12.4. The van der Waals surface area contributed by atoms with E-state index in [0.717, 1.165) is 12.3 Å². The van der Waals surface area contributed by atoms with Crippen LogP contribution in [-0.4, -0.2) is 45.5 Å². The SMILES string of the molecule is CC1SCCN(C(=O)Cc2ccccc2C(=O)O)C1C. The number of carbonyl (C=O) groups is 2. The van der Waals surface area contributed by atoms with Crippen LogP contribution in [0.4, 0.5) is 0 Å². The normalized spacial score (nSPS) is 22.6. The molecular formula is C15H19NO3S. The van der Waals surface area contributed by atoms with Gasteiger partial charge in [0.25, 0.3) is 0 Å². The Morgan fingerprint density at radius 1 is 1.35 bits per heavy atom. The largest absolute Gasteiger partial charge is 0.478 e. The van der Waals surface area contributed by atoms with Crippen LogP contribution < -0.4 is 0 Å². The van der Waals surface area contributed by atoms with Crippen molar-refractivity contribution in [2.24, 2.45) is 0 Å². The van der Waals surface area contributed by atoms with Gasteiger partial charge in [-0.2, -0.15) is 11.8 Å². The number of carbonyl (C=O) groups excluding carboxylic acids is 1. The van der Waals surface area contributed by atoms with E-state index in [4.69, 9.17) is 5.11 Å². The highest BCUT2D eigenvalue weighted by Gasteiger charge is 2.29. The fourth-order valence-corrected chi connectivity index (χ4v) is 3.53. The standard InChI is InChI=1S/C15H19NO3S/c1-10-11(2)20-8-7-16(10)14(17)9-12-5-3-4-6-13(12)15(18)19/h3-6,10-11H,7-9H2,1-2H3,(H,18,19). The Kier molecular flexibility index (Phi) is 4.70. The molecule has 1 aliphatic heterocycles. The number of hydrogen-bond acceptors (Lipinski definition) is 3. The van der Waals surface area contributed by atoms with E-state index >= 15 is 0 Å². The third-order valence-electron chi connectivity index (χ3n) is 3.79. The minimum Gasteiger partial charge on any atom is -0.478 e. The van der Waals surface area contributed by atoms with Gasteiger partial charge in [0, 0.05) is 23.6 Å². The molecule has 1 amide bonds. The summed E-state index contributed by atoms with van der Waals surface area (Å²) in [7, 11) is 0. The molecule has 1 heterocycles. The van der Waals surface area contributed by atoms with Gasteiger partial charge in [0.05, 0.1) is 12.0 Å². The molecule has 108 valence electrons. The first kappa shape index (κ1) is 14.9. The maximum absolute atomic E-state index is 12.4. The summed E-state index contributed by atoms with van der Waals surface area (Å²) in [5.74, 6) is -0.0277. The minimum atomic E-state index is -0.982. The van der Waals surface area contributed by atoms with Crippen LogP contribution in [0.5, 0.6) is 0 Å². The molecule has 4 nitrogen and oxygen atoms in total. The van der Waals surface area contributed by atoms with Crippen LogP contribution in [-0.2, 0) is 11.2 Å². The van der Waals surface area contributed by atoms with E-state index < -0.39 is 5.97 Å². The molecule has 0 bridgehead atoms. The van der Waals surface area contributed by atoms with Crippen molar-refractivity contribution in [3.05, 3.63) is 35.4 Å². The van der Waals surface area contributed by atoms with Crippen molar-refractivity contribution in [3.8, 4) is 0 Å². The summed E-state index contributed by atoms with van der Waals surface area (Å²) in [5, 5.41) is 9.57. The van der Waals surface area contributed by atoms with E-state index in [9.17, 15) is 9.59 Å². The predicted octanol–water partition coefficient (Wildman–Crippen LogP) is 2.28. The second kappa shape index (κ2) is 6.31. The van der Waals surface area contributed by atoms with Crippen molar-refractivity contribution in [1.82, 2.24) is 4.90 Å². The summed E-state index contributed by atoms with van der Waals surface area (Å²) >= 11 is 1.87. The van der Waals surface area contributed by atoms with Gasteiger partial charge in [-0.15, -0.1) is 0 Å². The monoisotopic (exact) mass is 293 g/mol. The number of amides is 1. The van der Waals surface area contributed by atoms with E-state index in [-0.39, 0.29) is 23.9 Å². The minimum absolute atomic E-state index is 0.0124. The Morgan fingerprint density at radius 3 is 2.75 bits per heavy atom. The van der Waals surface area contributed by atoms with E-state index in [1.54, 1.807) is 24.3 Å². The third-order valence-corrected chi connectivity index (χ3v) is 5.13. The van der Waals surface area contributed by atoms with E-state index in [1.807, 2.05) is 16.7 Å². The molecule has 20 heavy (non-hydrogen) atoms. The second-order valence-corrected chi connectivity index (χ2v) is 6.53. The molecule has 0 saturated carbocycles. The Morgan fingerprint density at radius 2 is 2.05 bits per heavy atom. The van der Waals surface area contributed by atoms with Crippen LogP contribution in [0.15, 0.2) is 24.3 Å². The van der Waals surface area contributed by atoms with Crippen molar-refractivity contribution < 1.29 is 14.7 Å². The van der Waals surface area contributed by atoms with Crippen LogP contribution in [0.1, 0.15) is 29.8 Å². The zero-order valence-electron chi connectivity index (χ0n) is 11.7. The summed E-state index contributed by atoms with van der Waals surface area (Å²) in [4.78, 5) is 25.5. The van der Waals surface area contributed by atoms with Crippen LogP contribution in [0.25, 0.3) is 0 Å². The van der Waals surface area contributed by atoms with Gasteiger partial charge in [0.2, 0.25) is 5.91 Å². The van der Waals surface area contributed by atoms with Crippen LogP contribution >= 0.6 is 11.8 Å². The molecule has 2 atom stereocenters. The van der Waals surface area contributed by atoms with Crippen molar-refractivity contribution in [2.45, 2.75) is 31.6 Å². The molecule has 1 aromatic rings. The lowest BCUT2D eigenvalue weighted by Gasteiger charge is -2.37. The van der Waals surface area contributed by atoms with Crippen molar-refractivity contribution >= 4 is 23.6 Å². The Hall–Kier alpha value is -1.49. The summed E-state index contributed by atoms with van der Waals surface area (Å²) in [5.41, 5.74) is 0.802. The topological polar surface area (TPSA) is 57.6 Å². The number of hydrogen-bond donors (Lipinski definition) is 1. The average Bonchev–Trinajstić information content (AvgIpc) is 2.42. The van der Waals surface area contributed by atoms with Crippen molar-refractivity contribution in [3.63, 3.8) is 0 Å². The molecule has 0 aromatic heterocycles. The Labute approximate surface area is 123 Å². The smallest absolute Gasteiger partial charge is 0.335 e. The molecule has 1 aromatic carbocycles. The molecule has 1 saturated heterocycles. The zero-order valence-corrected chi connectivity index (χ0v) is 12.5. The number of benzene rings is 1. The van der Waals surface area contributed by atoms with Crippen LogP contribution in [0, 0.1) is 0 Å². The van der Waals surface area contributed by atoms with Gasteiger partial charge in [-0.25, -0.2) is 4.79 Å². The number of rotatable bonds is 3. The molecule has 1 aliphatic rings. The Bertz CT molecular complexity index is 518. The van der Waals surface area contributed by atoms with Crippen molar-refractivity contribution in [2.75, 3.05) is 12.3 Å². The zero-order chi connectivity index (χ0) is 14.7. The second-order valence-electron chi connectivity index (χ2n) is 5.04. The fourth-order valence-electron chi connectivity index (χ4n) is 2.43. The first-order valence-corrected chi connectivity index (χ1v) is 7.78. The van der Waals surface area contributed by atoms with Gasteiger partial charge in [-0.05, 0) is 18.6 Å². The molecular weight excluding hydrogens is 274 g/mol. The fraction of sp³-hybridized carbons (Fsp3) is 0.467. The van der Waals surface area contributed by atoms with E-state index in [0.29, 0.717) is 10.8 Å². The molecule has 0 radical (unpaired) electrons. The summed E-state index contributed by atoms with van der Waals surface area (Å²) < 4.78 is 0. The van der Waals surface area contributed by atoms with Crippen molar-refractivity contribution in [1.29, 1.82) is 0 Å². The first-order chi connectivity index (χ1) is 9.50. The average molecular weight is 293 g/mol. The third kappa shape index (κ3) is 3.15. The van der Waals surface area contributed by atoms with Gasteiger partial charge in [0.1, 0.15) is 0 Å². The number of aromatic carboxylic acids is 1. The van der Waals surface area contributed by atoms with Crippen LogP contribution in [0.3, 0.4) is 0 Å². The van der Waals surface area contributed by atoms with Crippen LogP contribution in [0.2, 0.25) is 0 Å². The molecule has 2 unspecified atom stereocenters. The lowest BCUT2D eigenvalue weighted by Crippen LogP contribution is -2.48. The molecule has 0 aliphatic carbocycles. The van der Waals surface area contributed by atoms with Gasteiger partial charge in [0.15, 0.2) is 0 Å². The maximum Gasteiger partial charge on any atom is 0.335 e. The first-order valence-electron chi connectivity index (χ1n) is 6.73. The predicted molar refractivity (Wildman–Crippen MR) is 80.2 cm³/mol. The number of carboxylic acid groups (broad SMARTS) is 1. The summed E-state index contributed by atoms with van der Waals surface area (Å²) in [6.07, 6.45) is 0.157. The molecule has 5 heteroatoms. The van der Waals surface area contributed by atoms with Gasteiger partial charge in [-0.3, -0.25) is 4.79 Å². The molecule has 1 N–H and O–H groups in total. The highest BCUT2D eigenvalue weighted by Crippen LogP contribution is 2.25. The summed E-state index contributed by atoms with van der Waals surface area (Å²) in [6.45, 7) is 4.92. The van der Waals surface area contributed by atoms with E-state index in [1.165, 1.54) is 0 Å². The number of thioether (sulfide) groups is 1. The molecule has 0 spiro atoms. The van der Waals surface area contributed by atoms with E-state index in [2.05, 4.69) is 13.8 Å². The lowest BCUT2D eigenvalue weighted by atomic mass is 10.0. The number of carboxylic acids is 1. The summed E-state index contributed by atoms with van der Waals surface area (Å²) in [6, 6.07) is 6.91. The molecule has 2 rings (SSSR count). The lowest BCUT2D eigenvalue weighted by molar-refractivity contribution is -0.132. The van der Waals surface area contributed by atoms with Gasteiger partial charge in [-0.1, -0.05) is 25.1 Å². The highest BCUT2D eigenvalue weighted by molar-refractivity contribution is 8.00. The number of nitrogens with zero attached hydrogens (tertiary/aromatic N) is 1. The van der Waals surface area contributed by atoms with Gasteiger partial charge < -0.3 is 10.0 Å². The molecule has 1 fully saturated rings. The Balaban J connectivity index is 2.14. The van der Waals surface area contributed by atoms with Gasteiger partial charge >= 0.3 is 5.97 Å². The quantitative estimate of drug-likeness (QED) is 0.929. The highest BCUT2D eigenvalue weighted by atomic mass is 32.2.